The van der Waals surface area contributed by atoms with Gasteiger partial charge >= 0.3 is 5.97 Å². The number of rotatable bonds is 4. The highest BCUT2D eigenvalue weighted by Gasteiger charge is 2.48. The Bertz CT molecular complexity index is 738. The molecular formula is C21H28N2O6. The van der Waals surface area contributed by atoms with Crippen molar-refractivity contribution in [3.63, 3.8) is 0 Å². The molecule has 0 radical (unpaired) electrons. The predicted molar refractivity (Wildman–Crippen MR) is 103 cm³/mol. The molecule has 0 aromatic heterocycles. The third-order valence-electron chi connectivity index (χ3n) is 6.57. The van der Waals surface area contributed by atoms with E-state index >= 15 is 0 Å². The molecule has 1 saturated carbocycles. The molecule has 1 N–H and O–H groups in total. The van der Waals surface area contributed by atoms with E-state index in [1.54, 1.807) is 36.1 Å². The number of carboxylic acid groups (broad SMARTS) is 1. The van der Waals surface area contributed by atoms with E-state index in [1.807, 2.05) is 0 Å². The Kier molecular flexibility index (Phi) is 5.76. The van der Waals surface area contributed by atoms with Crippen molar-refractivity contribution in [1.29, 1.82) is 0 Å². The van der Waals surface area contributed by atoms with Crippen LogP contribution < -0.4 is 5.23 Å². The minimum absolute atomic E-state index is 0.0768. The number of benzene rings is 1. The number of carbonyl (C=O) groups is 2. The smallest absolute Gasteiger partial charge is 0.310 e. The minimum Gasteiger partial charge on any atom is -0.481 e. The highest BCUT2D eigenvalue weighted by molar-refractivity contribution is 5.94. The number of likely N-dealkylation sites (tertiary alicyclic amines) is 1. The molecule has 1 aromatic carbocycles. The predicted octanol–water partition coefficient (Wildman–Crippen LogP) is 3.53. The number of hydrogen-bond donors (Lipinski definition) is 1. The first-order valence-electron chi connectivity index (χ1n) is 10.4. The fourth-order valence-corrected chi connectivity index (χ4v) is 4.84. The molecule has 1 aliphatic carbocycles. The maximum atomic E-state index is 12.9. The normalized spacial score (nSPS) is 25.2. The van der Waals surface area contributed by atoms with Gasteiger partial charge in [-0.1, -0.05) is 29.5 Å². The molecule has 158 valence electrons. The largest absolute Gasteiger partial charge is 0.481 e. The molecule has 29 heavy (non-hydrogen) atoms. The molecule has 8 nitrogen and oxygen atoms in total. The number of hydrogen-bond acceptors (Lipinski definition) is 6. The van der Waals surface area contributed by atoms with Crippen molar-refractivity contribution >= 4 is 17.6 Å². The van der Waals surface area contributed by atoms with Gasteiger partial charge < -0.3 is 10.0 Å². The monoisotopic (exact) mass is 404 g/mol. The summed E-state index contributed by atoms with van der Waals surface area (Å²) in [6.45, 7) is 2.67. The van der Waals surface area contributed by atoms with E-state index < -0.39 is 17.7 Å². The molecule has 0 bridgehead atoms. The number of piperidine rings is 1. The Morgan fingerprint density at radius 3 is 2.28 bits per heavy atom. The summed E-state index contributed by atoms with van der Waals surface area (Å²) in [4.78, 5) is 42.0. The average molecular weight is 404 g/mol. The van der Waals surface area contributed by atoms with Crippen LogP contribution in [0.2, 0.25) is 0 Å². The van der Waals surface area contributed by atoms with Gasteiger partial charge in [-0.3, -0.25) is 9.59 Å². The lowest BCUT2D eigenvalue weighted by atomic mass is 9.64. The van der Waals surface area contributed by atoms with Crippen LogP contribution in [0.15, 0.2) is 24.3 Å². The average Bonchev–Trinajstić information content (AvgIpc) is 3.20. The lowest BCUT2D eigenvalue weighted by Gasteiger charge is -2.45. The van der Waals surface area contributed by atoms with Crippen molar-refractivity contribution in [1.82, 2.24) is 4.90 Å². The zero-order valence-electron chi connectivity index (χ0n) is 16.7. The Labute approximate surface area is 170 Å². The summed E-state index contributed by atoms with van der Waals surface area (Å²) in [5, 5.41) is 11.2. The van der Waals surface area contributed by atoms with Gasteiger partial charge in [0.2, 0.25) is 6.29 Å². The first-order valence-corrected chi connectivity index (χ1v) is 10.4. The van der Waals surface area contributed by atoms with Crippen LogP contribution in [-0.2, 0) is 19.5 Å². The Morgan fingerprint density at radius 2 is 1.72 bits per heavy atom. The van der Waals surface area contributed by atoms with Gasteiger partial charge in [0.05, 0.1) is 11.1 Å². The van der Waals surface area contributed by atoms with Gasteiger partial charge in [0.15, 0.2) is 0 Å². The molecule has 1 aromatic rings. The molecule has 3 fully saturated rings. The number of carbonyl (C=O) groups excluding carboxylic acids is 1. The maximum absolute atomic E-state index is 12.9. The molecule has 3 aliphatic rings. The summed E-state index contributed by atoms with van der Waals surface area (Å²) in [6.07, 6.45) is 5.97. The maximum Gasteiger partial charge on any atom is 0.310 e. The zero-order valence-corrected chi connectivity index (χ0v) is 16.7. The highest BCUT2D eigenvalue weighted by Crippen LogP contribution is 2.46. The van der Waals surface area contributed by atoms with Crippen molar-refractivity contribution in [2.24, 2.45) is 11.3 Å². The van der Waals surface area contributed by atoms with E-state index in [2.05, 4.69) is 0 Å². The number of anilines is 1. The molecule has 1 atom stereocenters. The zero-order chi connectivity index (χ0) is 20.4. The second-order valence-corrected chi connectivity index (χ2v) is 8.24. The summed E-state index contributed by atoms with van der Waals surface area (Å²) < 4.78 is 0. The van der Waals surface area contributed by atoms with E-state index in [0.717, 1.165) is 30.9 Å². The van der Waals surface area contributed by atoms with Crippen molar-refractivity contribution in [3.8, 4) is 0 Å². The van der Waals surface area contributed by atoms with Crippen LogP contribution in [0.5, 0.6) is 0 Å². The van der Waals surface area contributed by atoms with Gasteiger partial charge in [0.25, 0.3) is 5.91 Å². The third-order valence-corrected chi connectivity index (χ3v) is 6.57. The second-order valence-electron chi connectivity index (χ2n) is 8.24. The molecular weight excluding hydrogens is 376 g/mol. The highest BCUT2D eigenvalue weighted by atomic mass is 17.4. The second kappa shape index (κ2) is 8.30. The Hall–Kier alpha value is -2.16. The van der Waals surface area contributed by atoms with Crippen LogP contribution >= 0.6 is 0 Å². The Morgan fingerprint density at radius 1 is 1.07 bits per heavy atom. The Balaban J connectivity index is 1.40. The fraction of sp³-hybridized carbons (Fsp3) is 0.619. The molecule has 8 heteroatoms. The number of amides is 1. The first kappa shape index (κ1) is 20.1. The van der Waals surface area contributed by atoms with Crippen LogP contribution in [-0.4, -0.2) is 41.3 Å². The fourth-order valence-electron chi connectivity index (χ4n) is 4.84. The van der Waals surface area contributed by atoms with Crippen LogP contribution in [0.1, 0.15) is 62.2 Å². The summed E-state index contributed by atoms with van der Waals surface area (Å²) >= 11 is 0. The molecule has 2 aliphatic heterocycles. The van der Waals surface area contributed by atoms with E-state index in [4.69, 9.17) is 14.7 Å². The quantitative estimate of drug-likeness (QED) is 0.768. The van der Waals surface area contributed by atoms with Crippen LogP contribution in [0, 0.1) is 11.3 Å². The molecule has 0 spiro atoms. The first-order chi connectivity index (χ1) is 14.0. The van der Waals surface area contributed by atoms with Gasteiger partial charge in [-0.25, -0.2) is 4.84 Å². The molecule has 1 unspecified atom stereocenters. The van der Waals surface area contributed by atoms with Crippen molar-refractivity contribution in [2.75, 3.05) is 18.3 Å². The number of nitrogens with zero attached hydrogens (tertiary/aromatic N) is 2. The van der Waals surface area contributed by atoms with Crippen molar-refractivity contribution < 1.29 is 29.4 Å². The molecule has 4 rings (SSSR count). The summed E-state index contributed by atoms with van der Waals surface area (Å²) in [5.41, 5.74) is 0.497. The lowest BCUT2D eigenvalue weighted by molar-refractivity contribution is -0.280. The van der Waals surface area contributed by atoms with Crippen LogP contribution in [0.25, 0.3) is 0 Å². The number of carboxylic acids is 1. The lowest BCUT2D eigenvalue weighted by Crippen LogP contribution is -2.50. The molecule has 1 amide bonds. The van der Waals surface area contributed by atoms with E-state index in [9.17, 15) is 14.7 Å². The number of aliphatic carboxylic acids is 1. The van der Waals surface area contributed by atoms with E-state index in [1.165, 1.54) is 6.42 Å². The summed E-state index contributed by atoms with van der Waals surface area (Å²) in [6, 6.07) is 6.88. The van der Waals surface area contributed by atoms with Crippen LogP contribution in [0.4, 0.5) is 5.69 Å². The van der Waals surface area contributed by atoms with Crippen molar-refractivity contribution in [3.05, 3.63) is 29.8 Å². The topological polar surface area (TPSA) is 88.5 Å². The van der Waals surface area contributed by atoms with Gasteiger partial charge in [0.1, 0.15) is 0 Å². The summed E-state index contributed by atoms with van der Waals surface area (Å²) in [7, 11) is 0. The van der Waals surface area contributed by atoms with E-state index in [0.29, 0.717) is 37.2 Å². The van der Waals surface area contributed by atoms with E-state index in [-0.39, 0.29) is 11.8 Å². The van der Waals surface area contributed by atoms with Crippen molar-refractivity contribution in [2.45, 2.75) is 58.2 Å². The summed E-state index contributed by atoms with van der Waals surface area (Å²) in [5.74, 6) is -0.537. The van der Waals surface area contributed by atoms with Crippen LogP contribution in [0.3, 0.4) is 0 Å². The minimum atomic E-state index is -0.692. The molecule has 2 heterocycles. The van der Waals surface area contributed by atoms with Gasteiger partial charge in [-0.15, -0.1) is 0 Å². The standard InChI is InChI=1S/C21H28N2O6/c1-15-27-23(29-28-15)18-9-7-16(8-10-18)19(24)22-13-11-21(12-14-22,20(25)26)17-5-3-2-4-6-17/h7-10,15,17H,2-6,11-14H2,1H3,(H,25,26). The molecule has 2 saturated heterocycles. The van der Waals surface area contributed by atoms with Gasteiger partial charge in [-0.2, -0.15) is 4.89 Å². The van der Waals surface area contributed by atoms with Gasteiger partial charge in [-0.05, 0) is 62.8 Å². The SMILES string of the molecule is CC1OON(c2ccc(C(=O)N3CCC(C(=O)O)(C4CCCCC4)CC3)cc2)O1. The third kappa shape index (κ3) is 3.97. The van der Waals surface area contributed by atoms with Gasteiger partial charge in [0, 0.05) is 18.7 Å².